The molecule has 1 aliphatic rings. The van der Waals surface area contributed by atoms with Crippen molar-refractivity contribution in [2.75, 3.05) is 18.4 Å². The fraction of sp³-hybridized carbons (Fsp3) is 0.500. The molecule has 7 heteroatoms. The summed E-state index contributed by atoms with van der Waals surface area (Å²) in [6.07, 6.45) is -3.44. The Bertz CT molecular complexity index is 498. The molecule has 21 heavy (non-hydrogen) atoms. The first kappa shape index (κ1) is 15.6. The number of carbonyl (C=O) groups is 1. The van der Waals surface area contributed by atoms with Crippen molar-refractivity contribution in [1.29, 1.82) is 0 Å². The highest BCUT2D eigenvalue weighted by Gasteiger charge is 2.30. The number of carbonyl (C=O) groups excluding carboxylic acids is 1. The molecule has 116 valence electrons. The van der Waals surface area contributed by atoms with E-state index in [4.69, 9.17) is 0 Å². The summed E-state index contributed by atoms with van der Waals surface area (Å²) in [5, 5.41) is 8.40. The van der Waals surface area contributed by atoms with Crippen LogP contribution in [0, 0.1) is 5.92 Å². The number of alkyl halides is 3. The topological polar surface area (TPSA) is 53.2 Å². The van der Waals surface area contributed by atoms with E-state index in [-0.39, 0.29) is 11.7 Å². The highest BCUT2D eigenvalue weighted by molar-refractivity contribution is 5.89. The summed E-state index contributed by atoms with van der Waals surface area (Å²) >= 11 is 0. The fourth-order valence-electron chi connectivity index (χ4n) is 2.37. The molecule has 3 N–H and O–H groups in total. The molecule has 0 aromatic heterocycles. The van der Waals surface area contributed by atoms with Crippen molar-refractivity contribution in [2.45, 2.75) is 25.6 Å². The predicted molar refractivity (Wildman–Crippen MR) is 74.0 cm³/mol. The van der Waals surface area contributed by atoms with Gasteiger partial charge in [-0.05, 0) is 50.6 Å². The third-order valence-corrected chi connectivity index (χ3v) is 3.61. The van der Waals surface area contributed by atoms with Crippen LogP contribution in [0.15, 0.2) is 24.3 Å². The molecule has 1 aromatic rings. The standard InChI is InChI=1S/C14H18F3N3O/c1-9(10-5-6-18-8-10)19-13(21)20-12-4-2-3-11(7-12)14(15,16)17/h2-4,7,9-10,18H,5-6,8H2,1H3,(H2,19,20,21). The van der Waals surface area contributed by atoms with E-state index in [0.29, 0.717) is 5.92 Å². The average Bonchev–Trinajstić information content (AvgIpc) is 2.91. The molecule has 0 saturated carbocycles. The predicted octanol–water partition coefficient (Wildman–Crippen LogP) is 2.82. The molecular formula is C14H18F3N3O. The Morgan fingerprint density at radius 2 is 2.19 bits per heavy atom. The molecule has 2 rings (SSSR count). The summed E-state index contributed by atoms with van der Waals surface area (Å²) in [6, 6.07) is 4.05. The number of benzene rings is 1. The average molecular weight is 301 g/mol. The smallest absolute Gasteiger partial charge is 0.335 e. The molecule has 1 saturated heterocycles. The van der Waals surface area contributed by atoms with Crippen LogP contribution in [0.25, 0.3) is 0 Å². The molecule has 0 radical (unpaired) electrons. The first-order valence-corrected chi connectivity index (χ1v) is 6.82. The van der Waals surface area contributed by atoms with Crippen molar-refractivity contribution in [2.24, 2.45) is 5.92 Å². The summed E-state index contributed by atoms with van der Waals surface area (Å²) in [5.41, 5.74) is -0.660. The minimum absolute atomic E-state index is 0.0363. The van der Waals surface area contributed by atoms with Gasteiger partial charge in [0.15, 0.2) is 0 Å². The monoisotopic (exact) mass is 301 g/mol. The lowest BCUT2D eigenvalue weighted by Crippen LogP contribution is -2.41. The van der Waals surface area contributed by atoms with Gasteiger partial charge in [0, 0.05) is 11.7 Å². The number of anilines is 1. The Morgan fingerprint density at radius 1 is 1.43 bits per heavy atom. The van der Waals surface area contributed by atoms with Gasteiger partial charge in [-0.25, -0.2) is 4.79 Å². The molecule has 4 nitrogen and oxygen atoms in total. The van der Waals surface area contributed by atoms with Crippen LogP contribution in [0.5, 0.6) is 0 Å². The summed E-state index contributed by atoms with van der Waals surface area (Å²) in [6.45, 7) is 3.65. The van der Waals surface area contributed by atoms with Crippen LogP contribution in [-0.2, 0) is 6.18 Å². The highest BCUT2D eigenvalue weighted by Crippen LogP contribution is 2.30. The number of nitrogens with one attached hydrogen (secondary N) is 3. The van der Waals surface area contributed by atoms with Crippen molar-refractivity contribution in [3.8, 4) is 0 Å². The van der Waals surface area contributed by atoms with Crippen LogP contribution >= 0.6 is 0 Å². The Morgan fingerprint density at radius 3 is 2.81 bits per heavy atom. The quantitative estimate of drug-likeness (QED) is 0.804. The van der Waals surface area contributed by atoms with Crippen LogP contribution in [0.4, 0.5) is 23.7 Å². The Kier molecular flexibility index (Phi) is 4.72. The first-order valence-electron chi connectivity index (χ1n) is 6.82. The number of urea groups is 1. The van der Waals surface area contributed by atoms with Gasteiger partial charge in [-0.15, -0.1) is 0 Å². The maximum Gasteiger partial charge on any atom is 0.416 e. The highest BCUT2D eigenvalue weighted by atomic mass is 19.4. The van der Waals surface area contributed by atoms with E-state index >= 15 is 0 Å². The second kappa shape index (κ2) is 6.34. The Balaban J connectivity index is 1.93. The number of hydrogen-bond acceptors (Lipinski definition) is 2. The van der Waals surface area contributed by atoms with Crippen molar-refractivity contribution in [3.63, 3.8) is 0 Å². The molecule has 0 aliphatic carbocycles. The van der Waals surface area contributed by atoms with Crippen LogP contribution in [0.3, 0.4) is 0 Å². The van der Waals surface area contributed by atoms with Crippen LogP contribution in [0.1, 0.15) is 18.9 Å². The van der Waals surface area contributed by atoms with Gasteiger partial charge in [-0.1, -0.05) is 6.07 Å². The zero-order valence-electron chi connectivity index (χ0n) is 11.6. The van der Waals surface area contributed by atoms with Gasteiger partial charge in [-0.2, -0.15) is 13.2 Å². The van der Waals surface area contributed by atoms with Gasteiger partial charge in [0.05, 0.1) is 5.56 Å². The van der Waals surface area contributed by atoms with Crippen LogP contribution in [-0.4, -0.2) is 25.2 Å². The van der Waals surface area contributed by atoms with E-state index in [1.165, 1.54) is 12.1 Å². The molecule has 0 spiro atoms. The summed E-state index contributed by atoms with van der Waals surface area (Å²) in [7, 11) is 0. The van der Waals surface area contributed by atoms with Crippen molar-refractivity contribution in [3.05, 3.63) is 29.8 Å². The van der Waals surface area contributed by atoms with Crippen molar-refractivity contribution in [1.82, 2.24) is 10.6 Å². The lowest BCUT2D eigenvalue weighted by molar-refractivity contribution is -0.137. The maximum absolute atomic E-state index is 12.6. The molecule has 0 bridgehead atoms. The number of amides is 2. The van der Waals surface area contributed by atoms with E-state index in [0.717, 1.165) is 31.6 Å². The summed E-state index contributed by atoms with van der Waals surface area (Å²) in [5.74, 6) is 0.345. The normalized spacial score (nSPS) is 20.1. The van der Waals surface area contributed by atoms with Crippen LogP contribution in [0.2, 0.25) is 0 Å². The maximum atomic E-state index is 12.6. The third-order valence-electron chi connectivity index (χ3n) is 3.61. The molecular weight excluding hydrogens is 283 g/mol. The van der Waals surface area contributed by atoms with Gasteiger partial charge in [-0.3, -0.25) is 0 Å². The lowest BCUT2D eigenvalue weighted by Gasteiger charge is -2.20. The first-order chi connectivity index (χ1) is 9.86. The minimum Gasteiger partial charge on any atom is -0.335 e. The molecule has 1 heterocycles. The summed E-state index contributed by atoms with van der Waals surface area (Å²) < 4.78 is 37.8. The van der Waals surface area contributed by atoms with E-state index in [1.807, 2.05) is 6.92 Å². The molecule has 2 amide bonds. The van der Waals surface area contributed by atoms with E-state index < -0.39 is 17.8 Å². The van der Waals surface area contributed by atoms with Gasteiger partial charge < -0.3 is 16.0 Å². The number of hydrogen-bond donors (Lipinski definition) is 3. The van der Waals surface area contributed by atoms with Gasteiger partial charge in [0.1, 0.15) is 0 Å². The van der Waals surface area contributed by atoms with Gasteiger partial charge in [0.25, 0.3) is 0 Å². The second-order valence-corrected chi connectivity index (χ2v) is 5.22. The Labute approximate surface area is 121 Å². The molecule has 1 fully saturated rings. The van der Waals surface area contributed by atoms with E-state index in [1.54, 1.807) is 0 Å². The number of halogens is 3. The fourth-order valence-corrected chi connectivity index (χ4v) is 2.37. The zero-order chi connectivity index (χ0) is 15.5. The molecule has 2 atom stereocenters. The molecule has 2 unspecified atom stereocenters. The van der Waals surface area contributed by atoms with E-state index in [2.05, 4.69) is 16.0 Å². The zero-order valence-corrected chi connectivity index (χ0v) is 11.6. The largest absolute Gasteiger partial charge is 0.416 e. The summed E-state index contributed by atoms with van der Waals surface area (Å²) in [4.78, 5) is 11.8. The van der Waals surface area contributed by atoms with Crippen molar-refractivity contribution >= 4 is 11.7 Å². The van der Waals surface area contributed by atoms with Crippen molar-refractivity contribution < 1.29 is 18.0 Å². The lowest BCUT2D eigenvalue weighted by atomic mass is 10.0. The molecule has 1 aliphatic heterocycles. The molecule has 1 aromatic carbocycles. The minimum atomic E-state index is -4.42. The third kappa shape index (κ3) is 4.35. The SMILES string of the molecule is CC(NC(=O)Nc1cccc(C(F)(F)F)c1)C1CCNC1. The van der Waals surface area contributed by atoms with Gasteiger partial charge in [0.2, 0.25) is 0 Å². The van der Waals surface area contributed by atoms with E-state index in [9.17, 15) is 18.0 Å². The second-order valence-electron chi connectivity index (χ2n) is 5.22. The van der Waals surface area contributed by atoms with Crippen LogP contribution < -0.4 is 16.0 Å². The Hall–Kier alpha value is -1.76. The number of rotatable bonds is 3. The van der Waals surface area contributed by atoms with Gasteiger partial charge >= 0.3 is 12.2 Å².